The molecule has 3 amide bonds. The predicted octanol–water partition coefficient (Wildman–Crippen LogP) is 7.07. The Balaban J connectivity index is 1.87. The van der Waals surface area contributed by atoms with E-state index >= 15 is 8.78 Å². The molecule has 2 aromatic rings. The number of phosphoric acid groups is 1. The van der Waals surface area contributed by atoms with Crippen LogP contribution in [0, 0.1) is 11.6 Å². The number of anilines is 2. The fourth-order valence-electron chi connectivity index (χ4n) is 5.14. The van der Waals surface area contributed by atoms with Gasteiger partial charge >= 0.3 is 20.1 Å². The van der Waals surface area contributed by atoms with Gasteiger partial charge in [-0.1, -0.05) is 29.8 Å². The van der Waals surface area contributed by atoms with Crippen molar-refractivity contribution in [2.24, 2.45) is 5.73 Å². The van der Waals surface area contributed by atoms with Gasteiger partial charge < -0.3 is 20.7 Å². The van der Waals surface area contributed by atoms with E-state index < -0.39 is 85.9 Å². The lowest BCUT2D eigenvalue weighted by Gasteiger charge is -2.37. The SMILES string of the molecule is C=CCOP(=O)(OCC=C)OC[C@@H](C(N)=O)N(Cc1ccc(C(=O)Nc2ccc(Cl)cc2N2CCN(CCC(F)(F)F)CC2)c(F)c1F)C(=O)OC(C)(C)C. The minimum absolute atomic E-state index is 0.165. The molecular weight excluding hydrogens is 780 g/mol. The first kappa shape index (κ1) is 45.3. The maximum absolute atomic E-state index is 15.8. The third-order valence-corrected chi connectivity index (χ3v) is 9.44. The van der Waals surface area contributed by atoms with Crippen LogP contribution in [0.5, 0.6) is 0 Å². The number of nitrogens with two attached hydrogens (primary N) is 1. The number of rotatable bonds is 18. The number of hydrogen-bond acceptors (Lipinski definition) is 10. The number of phosphoric ester groups is 1. The molecule has 1 atom stereocenters. The molecule has 0 radical (unpaired) electrons. The molecular formula is C35H44ClF5N5O8P. The first-order valence-corrected chi connectivity index (χ1v) is 18.7. The molecule has 55 heavy (non-hydrogen) atoms. The number of alkyl halides is 3. The van der Waals surface area contributed by atoms with Crippen molar-refractivity contribution in [3.8, 4) is 0 Å². The molecule has 3 rings (SSSR count). The van der Waals surface area contributed by atoms with Gasteiger partial charge in [0.05, 0.1) is 49.7 Å². The number of carbonyl (C=O) groups is 3. The fourth-order valence-corrected chi connectivity index (χ4v) is 6.43. The van der Waals surface area contributed by atoms with Gasteiger partial charge in [0.2, 0.25) is 5.91 Å². The zero-order valence-electron chi connectivity index (χ0n) is 30.5. The Hall–Kier alpha value is -4.06. The summed E-state index contributed by atoms with van der Waals surface area (Å²) in [5, 5.41) is 2.83. The second kappa shape index (κ2) is 19.7. The van der Waals surface area contributed by atoms with Gasteiger partial charge in [0.1, 0.15) is 11.6 Å². The molecule has 0 bridgehead atoms. The van der Waals surface area contributed by atoms with Gasteiger partial charge in [0.15, 0.2) is 11.6 Å². The number of primary amides is 1. The zero-order chi connectivity index (χ0) is 41.1. The van der Waals surface area contributed by atoms with E-state index in [2.05, 4.69) is 18.5 Å². The van der Waals surface area contributed by atoms with Crippen molar-refractivity contribution < 1.29 is 59.2 Å². The van der Waals surface area contributed by atoms with Gasteiger partial charge in [-0.25, -0.2) is 18.1 Å². The summed E-state index contributed by atoms with van der Waals surface area (Å²) >= 11 is 6.21. The van der Waals surface area contributed by atoms with E-state index in [9.17, 15) is 32.1 Å². The number of benzene rings is 2. The van der Waals surface area contributed by atoms with Gasteiger partial charge in [-0.15, -0.1) is 13.2 Å². The van der Waals surface area contributed by atoms with Crippen LogP contribution in [0.15, 0.2) is 55.6 Å². The monoisotopic (exact) mass is 823 g/mol. The molecule has 3 N–H and O–H groups in total. The third-order valence-electron chi connectivity index (χ3n) is 7.80. The van der Waals surface area contributed by atoms with Crippen LogP contribution in [0.4, 0.5) is 38.1 Å². The van der Waals surface area contributed by atoms with E-state index in [1.54, 1.807) is 9.80 Å². The van der Waals surface area contributed by atoms with Crippen LogP contribution in [0.1, 0.15) is 43.1 Å². The molecule has 0 aliphatic carbocycles. The van der Waals surface area contributed by atoms with Crippen molar-refractivity contribution in [1.29, 1.82) is 0 Å². The normalized spacial score (nSPS) is 14.6. The molecule has 2 aromatic carbocycles. The summed E-state index contributed by atoms with van der Waals surface area (Å²) in [6.07, 6.45) is -3.95. The van der Waals surface area contributed by atoms with E-state index in [0.29, 0.717) is 41.8 Å². The molecule has 304 valence electrons. The smallest absolute Gasteiger partial charge is 0.444 e. The Morgan fingerprint density at radius 3 is 2.16 bits per heavy atom. The van der Waals surface area contributed by atoms with Crippen LogP contribution in [-0.4, -0.2) is 98.1 Å². The van der Waals surface area contributed by atoms with Gasteiger partial charge in [0, 0.05) is 43.3 Å². The van der Waals surface area contributed by atoms with Crippen molar-refractivity contribution in [3.63, 3.8) is 0 Å². The summed E-state index contributed by atoms with van der Waals surface area (Å²) in [6.45, 7) is 10.1. The van der Waals surface area contributed by atoms with E-state index in [1.807, 2.05) is 0 Å². The van der Waals surface area contributed by atoms with E-state index in [0.717, 1.165) is 12.1 Å². The Bertz CT molecular complexity index is 1740. The first-order chi connectivity index (χ1) is 25.7. The van der Waals surface area contributed by atoms with Crippen LogP contribution in [0.3, 0.4) is 0 Å². The highest BCUT2D eigenvalue weighted by Crippen LogP contribution is 2.49. The number of nitrogens with zero attached hydrogens (tertiary/aromatic N) is 3. The molecule has 0 saturated carbocycles. The lowest BCUT2D eigenvalue weighted by atomic mass is 10.1. The molecule has 1 aliphatic rings. The second-order valence-corrected chi connectivity index (χ2v) is 15.3. The summed E-state index contributed by atoms with van der Waals surface area (Å²) in [4.78, 5) is 43.5. The molecule has 0 unspecified atom stereocenters. The minimum Gasteiger partial charge on any atom is -0.444 e. The largest absolute Gasteiger partial charge is 0.475 e. The Kier molecular flexibility index (Phi) is 16.2. The van der Waals surface area contributed by atoms with E-state index in [-0.39, 0.29) is 25.4 Å². The molecule has 0 aromatic heterocycles. The van der Waals surface area contributed by atoms with Gasteiger partial charge in [-0.3, -0.25) is 33.0 Å². The van der Waals surface area contributed by atoms with Crippen LogP contribution >= 0.6 is 19.4 Å². The fraction of sp³-hybridized carbons (Fsp3) is 0.457. The average Bonchev–Trinajstić information content (AvgIpc) is 3.10. The van der Waals surface area contributed by atoms with Crippen LogP contribution < -0.4 is 16.0 Å². The summed E-state index contributed by atoms with van der Waals surface area (Å²) in [5.41, 5.74) is 3.81. The lowest BCUT2D eigenvalue weighted by molar-refractivity contribution is -0.138. The van der Waals surface area contributed by atoms with Crippen molar-refractivity contribution >= 4 is 48.7 Å². The Labute approximate surface area is 320 Å². The van der Waals surface area contributed by atoms with Crippen molar-refractivity contribution in [2.45, 2.75) is 51.6 Å². The van der Waals surface area contributed by atoms with Crippen LogP contribution in [0.2, 0.25) is 5.02 Å². The number of carbonyl (C=O) groups excluding carboxylic acids is 3. The number of amides is 3. The number of hydrogen-bond donors (Lipinski definition) is 2. The topological polar surface area (TPSA) is 153 Å². The predicted molar refractivity (Wildman–Crippen MR) is 196 cm³/mol. The van der Waals surface area contributed by atoms with Gasteiger partial charge in [-0.05, 0) is 45.0 Å². The Morgan fingerprint density at radius 2 is 1.62 bits per heavy atom. The lowest BCUT2D eigenvalue weighted by Crippen LogP contribution is -2.51. The number of ether oxygens (including phenoxy) is 1. The molecule has 1 heterocycles. The zero-order valence-corrected chi connectivity index (χ0v) is 32.2. The summed E-state index contributed by atoms with van der Waals surface area (Å²) < 4.78 is 104. The first-order valence-electron chi connectivity index (χ1n) is 16.8. The quantitative estimate of drug-likeness (QED) is 0.0908. The summed E-state index contributed by atoms with van der Waals surface area (Å²) in [5.74, 6) is -5.41. The summed E-state index contributed by atoms with van der Waals surface area (Å²) in [7, 11) is -4.39. The number of piperazine rings is 1. The number of nitrogens with one attached hydrogen (secondary N) is 1. The van der Waals surface area contributed by atoms with E-state index in [1.165, 1.54) is 51.1 Å². The average molecular weight is 824 g/mol. The maximum Gasteiger partial charge on any atom is 0.475 e. The second-order valence-electron chi connectivity index (χ2n) is 13.1. The molecule has 20 heteroatoms. The van der Waals surface area contributed by atoms with E-state index in [4.69, 9.17) is 35.6 Å². The Morgan fingerprint density at radius 1 is 1.00 bits per heavy atom. The molecule has 1 aliphatic heterocycles. The molecule has 0 spiro atoms. The molecule has 13 nitrogen and oxygen atoms in total. The number of halogens is 6. The van der Waals surface area contributed by atoms with Crippen molar-refractivity contribution in [1.82, 2.24) is 9.80 Å². The van der Waals surface area contributed by atoms with Crippen LogP contribution in [0.25, 0.3) is 0 Å². The molecule has 1 saturated heterocycles. The van der Waals surface area contributed by atoms with Gasteiger partial charge in [-0.2, -0.15) is 13.2 Å². The molecule has 1 fully saturated rings. The minimum atomic E-state index is -4.39. The van der Waals surface area contributed by atoms with Crippen molar-refractivity contribution in [2.75, 3.05) is 62.8 Å². The summed E-state index contributed by atoms with van der Waals surface area (Å²) in [6, 6.07) is 4.62. The third kappa shape index (κ3) is 13.9. The standard InChI is InChI=1S/C35H44ClF5N5O8P/c1-6-18-51-55(50,52-19-7-2)53-22-28(31(42)47)46(33(49)54-34(3,4)5)21-23-8-10-25(30(38)29(23)37)32(48)43-26-11-9-24(36)20-27(26)45-16-14-44(15-17-45)13-12-35(39,40)41/h6-11,20,28H,1-2,12-19,21-22H2,3-5H3,(H2,42,47)(H,43,48)/t28-/m0/s1. The van der Waals surface area contributed by atoms with Gasteiger partial charge in [0.25, 0.3) is 5.91 Å². The highest BCUT2D eigenvalue weighted by Gasteiger charge is 2.37. The highest BCUT2D eigenvalue weighted by atomic mass is 35.5. The van der Waals surface area contributed by atoms with Crippen molar-refractivity contribution in [3.05, 3.63) is 83.4 Å². The maximum atomic E-state index is 15.8. The van der Waals surface area contributed by atoms with Crippen LogP contribution in [-0.2, 0) is 34.2 Å². The highest BCUT2D eigenvalue weighted by molar-refractivity contribution is 7.48.